The zero-order chi connectivity index (χ0) is 13.2. The number of halogens is 1. The van der Waals surface area contributed by atoms with Gasteiger partial charge in [0.2, 0.25) is 0 Å². The fourth-order valence-electron chi connectivity index (χ4n) is 2.54. The summed E-state index contributed by atoms with van der Waals surface area (Å²) in [5.41, 5.74) is 2.94. The number of anilines is 2. The van der Waals surface area contributed by atoms with E-state index in [0.717, 1.165) is 18.8 Å². The molecule has 1 aliphatic heterocycles. The zero-order valence-electron chi connectivity index (χ0n) is 10.9. The Morgan fingerprint density at radius 1 is 1.05 bits per heavy atom. The molecule has 1 unspecified atom stereocenters. The van der Waals surface area contributed by atoms with Gasteiger partial charge in [-0.25, -0.2) is 4.39 Å². The molecule has 0 fully saturated rings. The lowest BCUT2D eigenvalue weighted by Crippen LogP contribution is -2.33. The minimum absolute atomic E-state index is 0.175. The molecule has 1 atom stereocenters. The van der Waals surface area contributed by atoms with Crippen LogP contribution in [0.4, 0.5) is 15.8 Å². The Labute approximate surface area is 112 Å². The molecule has 3 heteroatoms. The summed E-state index contributed by atoms with van der Waals surface area (Å²) >= 11 is 0. The predicted molar refractivity (Wildman–Crippen MR) is 76.1 cm³/mol. The van der Waals surface area contributed by atoms with Crippen molar-refractivity contribution in [1.82, 2.24) is 5.32 Å². The van der Waals surface area contributed by atoms with Gasteiger partial charge in [-0.1, -0.05) is 30.3 Å². The molecule has 0 spiro atoms. The lowest BCUT2D eigenvalue weighted by atomic mass is 10.1. The topological polar surface area (TPSA) is 15.3 Å². The molecule has 1 N–H and O–H groups in total. The van der Waals surface area contributed by atoms with Crippen molar-refractivity contribution in [3.8, 4) is 0 Å². The van der Waals surface area contributed by atoms with E-state index < -0.39 is 0 Å². The first-order valence-corrected chi connectivity index (χ1v) is 6.59. The van der Waals surface area contributed by atoms with E-state index in [9.17, 15) is 4.39 Å². The van der Waals surface area contributed by atoms with Gasteiger partial charge in [0.1, 0.15) is 5.82 Å². The van der Waals surface area contributed by atoms with Crippen LogP contribution in [0.1, 0.15) is 12.5 Å². The first kappa shape index (κ1) is 12.2. The molecule has 1 heterocycles. The molecule has 2 aromatic carbocycles. The lowest BCUT2D eigenvalue weighted by molar-refractivity contribution is 0.562. The average Bonchev–Trinajstić information content (AvgIpc) is 2.59. The van der Waals surface area contributed by atoms with Crippen molar-refractivity contribution in [2.45, 2.75) is 19.5 Å². The highest BCUT2D eigenvalue weighted by Gasteiger charge is 2.21. The second-order valence-electron chi connectivity index (χ2n) is 4.97. The van der Waals surface area contributed by atoms with Gasteiger partial charge in [-0.05, 0) is 30.7 Å². The molecule has 0 aliphatic carbocycles. The van der Waals surface area contributed by atoms with Crippen molar-refractivity contribution in [3.63, 3.8) is 0 Å². The maximum absolute atomic E-state index is 14.1. The Morgan fingerprint density at radius 3 is 2.53 bits per heavy atom. The van der Waals surface area contributed by atoms with Crippen LogP contribution in [0, 0.1) is 5.82 Å². The van der Waals surface area contributed by atoms with Gasteiger partial charge in [0.05, 0.1) is 5.69 Å². The van der Waals surface area contributed by atoms with Gasteiger partial charge in [0, 0.05) is 24.8 Å². The van der Waals surface area contributed by atoms with Crippen molar-refractivity contribution < 1.29 is 4.39 Å². The van der Waals surface area contributed by atoms with Crippen LogP contribution < -0.4 is 10.2 Å². The van der Waals surface area contributed by atoms with Crippen LogP contribution in [0.15, 0.2) is 48.5 Å². The third-order valence-electron chi connectivity index (χ3n) is 3.52. The second kappa shape index (κ2) is 5.02. The molecule has 2 nitrogen and oxygen atoms in total. The predicted octanol–water partition coefficient (Wildman–Crippen LogP) is 3.46. The van der Waals surface area contributed by atoms with E-state index in [0.29, 0.717) is 11.7 Å². The van der Waals surface area contributed by atoms with Gasteiger partial charge >= 0.3 is 0 Å². The molecule has 98 valence electrons. The van der Waals surface area contributed by atoms with Gasteiger partial charge in [-0.15, -0.1) is 0 Å². The lowest BCUT2D eigenvalue weighted by Gasteiger charge is -2.26. The largest absolute Gasteiger partial charge is 0.337 e. The van der Waals surface area contributed by atoms with Gasteiger partial charge in [-0.2, -0.15) is 0 Å². The van der Waals surface area contributed by atoms with Crippen LogP contribution in [0.2, 0.25) is 0 Å². The standard InChI is InChI=1S/C16H17FN2/c1-12-11-19(16-9-5-3-7-14(16)17)15-8-4-2-6-13(15)10-18-12/h2-9,12,18H,10-11H2,1H3. The van der Waals surface area contributed by atoms with Gasteiger partial charge < -0.3 is 10.2 Å². The summed E-state index contributed by atoms with van der Waals surface area (Å²) in [4.78, 5) is 2.06. The van der Waals surface area contributed by atoms with Gasteiger partial charge in [0.25, 0.3) is 0 Å². The highest BCUT2D eigenvalue weighted by molar-refractivity contribution is 5.67. The summed E-state index contributed by atoms with van der Waals surface area (Å²) in [6, 6.07) is 15.4. The Bertz CT molecular complexity index is 582. The quantitative estimate of drug-likeness (QED) is 0.840. The normalized spacial score (nSPS) is 18.8. The summed E-state index contributed by atoms with van der Waals surface area (Å²) in [7, 11) is 0. The Morgan fingerprint density at radius 2 is 1.74 bits per heavy atom. The van der Waals surface area contributed by atoms with E-state index in [1.54, 1.807) is 6.07 Å². The summed E-state index contributed by atoms with van der Waals surface area (Å²) in [6.07, 6.45) is 0. The number of rotatable bonds is 1. The number of hydrogen-bond acceptors (Lipinski definition) is 2. The third-order valence-corrected chi connectivity index (χ3v) is 3.52. The zero-order valence-corrected chi connectivity index (χ0v) is 10.9. The van der Waals surface area contributed by atoms with Crippen LogP contribution in [-0.4, -0.2) is 12.6 Å². The van der Waals surface area contributed by atoms with Crippen molar-refractivity contribution >= 4 is 11.4 Å². The van der Waals surface area contributed by atoms with Crippen molar-refractivity contribution in [1.29, 1.82) is 0 Å². The highest BCUT2D eigenvalue weighted by atomic mass is 19.1. The first-order valence-electron chi connectivity index (χ1n) is 6.59. The third kappa shape index (κ3) is 2.34. The van der Waals surface area contributed by atoms with Crippen LogP contribution >= 0.6 is 0 Å². The monoisotopic (exact) mass is 256 g/mol. The van der Waals surface area contributed by atoms with E-state index in [4.69, 9.17) is 0 Å². The number of para-hydroxylation sites is 2. The SMILES string of the molecule is CC1CN(c2ccccc2F)c2ccccc2CN1. The number of nitrogens with one attached hydrogen (secondary N) is 1. The summed E-state index contributed by atoms with van der Waals surface area (Å²) in [5.74, 6) is -0.175. The van der Waals surface area contributed by atoms with E-state index in [1.165, 1.54) is 11.6 Å². The molecule has 19 heavy (non-hydrogen) atoms. The van der Waals surface area contributed by atoms with E-state index in [-0.39, 0.29) is 5.82 Å². The molecular weight excluding hydrogens is 239 g/mol. The first-order chi connectivity index (χ1) is 9.25. The van der Waals surface area contributed by atoms with Crippen LogP contribution in [0.5, 0.6) is 0 Å². The number of benzene rings is 2. The van der Waals surface area contributed by atoms with Gasteiger partial charge in [-0.3, -0.25) is 0 Å². The van der Waals surface area contributed by atoms with E-state index >= 15 is 0 Å². The number of fused-ring (bicyclic) bond motifs is 1. The number of hydrogen-bond donors (Lipinski definition) is 1. The Hall–Kier alpha value is -1.87. The van der Waals surface area contributed by atoms with Crippen molar-refractivity contribution in [2.24, 2.45) is 0 Å². The molecular formula is C16H17FN2. The van der Waals surface area contributed by atoms with Gasteiger partial charge in [0.15, 0.2) is 0 Å². The second-order valence-corrected chi connectivity index (χ2v) is 4.97. The molecule has 0 saturated carbocycles. The fraction of sp³-hybridized carbons (Fsp3) is 0.250. The average molecular weight is 256 g/mol. The van der Waals surface area contributed by atoms with Crippen LogP contribution in [-0.2, 0) is 6.54 Å². The van der Waals surface area contributed by atoms with E-state index in [2.05, 4.69) is 29.3 Å². The number of nitrogens with zero attached hydrogens (tertiary/aromatic N) is 1. The molecule has 0 bridgehead atoms. The van der Waals surface area contributed by atoms with E-state index in [1.807, 2.05) is 24.3 Å². The molecule has 1 aliphatic rings. The Kier molecular flexibility index (Phi) is 3.22. The minimum Gasteiger partial charge on any atom is -0.337 e. The molecule has 0 saturated heterocycles. The molecule has 0 radical (unpaired) electrons. The van der Waals surface area contributed by atoms with Crippen LogP contribution in [0.3, 0.4) is 0 Å². The fourth-order valence-corrected chi connectivity index (χ4v) is 2.54. The summed E-state index contributed by atoms with van der Waals surface area (Å²) in [5, 5.41) is 3.46. The van der Waals surface area contributed by atoms with Crippen molar-refractivity contribution in [3.05, 3.63) is 59.9 Å². The maximum atomic E-state index is 14.1. The molecule has 0 amide bonds. The molecule has 3 rings (SSSR count). The highest BCUT2D eigenvalue weighted by Crippen LogP contribution is 2.32. The smallest absolute Gasteiger partial charge is 0.146 e. The molecule has 2 aromatic rings. The minimum atomic E-state index is -0.175. The summed E-state index contributed by atoms with van der Waals surface area (Å²) < 4.78 is 14.1. The van der Waals surface area contributed by atoms with Crippen LogP contribution in [0.25, 0.3) is 0 Å². The maximum Gasteiger partial charge on any atom is 0.146 e. The Balaban J connectivity index is 2.11. The summed E-state index contributed by atoms with van der Waals surface area (Å²) in [6.45, 7) is 3.71. The molecule has 0 aromatic heterocycles. The van der Waals surface area contributed by atoms with Crippen molar-refractivity contribution in [2.75, 3.05) is 11.4 Å².